The number of rotatable bonds is 4. The zero-order valence-corrected chi connectivity index (χ0v) is 14.1. The molecule has 1 saturated heterocycles. The van der Waals surface area contributed by atoms with Crippen LogP contribution in [0.15, 0.2) is 29.4 Å². The lowest BCUT2D eigenvalue weighted by molar-refractivity contribution is -0.139. The van der Waals surface area contributed by atoms with Crippen molar-refractivity contribution in [1.82, 2.24) is 10.7 Å². The van der Waals surface area contributed by atoms with E-state index in [0.29, 0.717) is 18.7 Å². The van der Waals surface area contributed by atoms with Crippen LogP contribution in [0, 0.1) is 0 Å². The first kappa shape index (κ1) is 17.7. The van der Waals surface area contributed by atoms with Gasteiger partial charge in [-0.2, -0.15) is 5.10 Å². The van der Waals surface area contributed by atoms with E-state index in [4.69, 9.17) is 0 Å². The fraction of sp³-hybridized carbons (Fsp3) is 0.412. The number of nitrogens with zero attached hydrogens (tertiary/aromatic N) is 2. The Kier molecular flexibility index (Phi) is 5.68. The predicted octanol–water partition coefficient (Wildman–Crippen LogP) is 1.18. The lowest BCUT2D eigenvalue weighted by Crippen LogP contribution is -2.41. The molecular formula is C17H22N4O3. The molecule has 128 valence electrons. The van der Waals surface area contributed by atoms with Crippen LogP contribution in [0.5, 0.6) is 0 Å². The zero-order chi connectivity index (χ0) is 17.7. The molecule has 1 fully saturated rings. The number of hydrazone groups is 1. The Bertz CT molecular complexity index is 682. The molecule has 7 heteroatoms. The van der Waals surface area contributed by atoms with Gasteiger partial charge in [0.05, 0.1) is 5.71 Å². The van der Waals surface area contributed by atoms with E-state index in [2.05, 4.69) is 15.8 Å². The average molecular weight is 330 g/mol. The Balaban J connectivity index is 2.06. The third-order valence-corrected chi connectivity index (χ3v) is 3.60. The Morgan fingerprint density at radius 1 is 1.25 bits per heavy atom. The van der Waals surface area contributed by atoms with Gasteiger partial charge in [-0.05, 0) is 44.9 Å². The van der Waals surface area contributed by atoms with Gasteiger partial charge in [0.25, 0.3) is 0 Å². The molecule has 0 bridgehead atoms. The van der Waals surface area contributed by atoms with Crippen LogP contribution in [-0.2, 0) is 14.4 Å². The van der Waals surface area contributed by atoms with Crippen molar-refractivity contribution in [2.45, 2.75) is 39.7 Å². The van der Waals surface area contributed by atoms with Crippen molar-refractivity contribution in [3.8, 4) is 0 Å². The summed E-state index contributed by atoms with van der Waals surface area (Å²) in [6.07, 6.45) is 1.43. The fourth-order valence-electron chi connectivity index (χ4n) is 2.40. The number of amides is 3. The normalized spacial score (nSPS) is 14.9. The highest BCUT2D eigenvalue weighted by molar-refractivity contribution is 6.35. The molecule has 24 heavy (non-hydrogen) atoms. The highest BCUT2D eigenvalue weighted by atomic mass is 16.2. The van der Waals surface area contributed by atoms with Gasteiger partial charge in [-0.15, -0.1) is 0 Å². The van der Waals surface area contributed by atoms with Gasteiger partial charge < -0.3 is 10.2 Å². The van der Waals surface area contributed by atoms with Gasteiger partial charge in [-0.1, -0.05) is 12.1 Å². The van der Waals surface area contributed by atoms with Gasteiger partial charge in [0.2, 0.25) is 5.91 Å². The Hall–Kier alpha value is -2.70. The first-order valence-electron chi connectivity index (χ1n) is 7.94. The Labute approximate surface area is 141 Å². The Morgan fingerprint density at radius 3 is 2.62 bits per heavy atom. The van der Waals surface area contributed by atoms with Crippen LogP contribution >= 0.6 is 0 Å². The van der Waals surface area contributed by atoms with E-state index in [9.17, 15) is 14.4 Å². The summed E-state index contributed by atoms with van der Waals surface area (Å²) in [7, 11) is 0. The number of hydrogen-bond donors (Lipinski definition) is 2. The SMILES string of the molecule is C/C(=N/NC(=O)C(=O)NC(C)C)c1cccc(N2CCCC2=O)c1. The van der Waals surface area contributed by atoms with Crippen LogP contribution < -0.4 is 15.6 Å². The highest BCUT2D eigenvalue weighted by Crippen LogP contribution is 2.22. The van der Waals surface area contributed by atoms with Crippen LogP contribution in [0.3, 0.4) is 0 Å². The number of anilines is 1. The Morgan fingerprint density at radius 2 is 2.00 bits per heavy atom. The minimum absolute atomic E-state index is 0.111. The molecule has 1 aromatic carbocycles. The molecule has 0 atom stereocenters. The summed E-state index contributed by atoms with van der Waals surface area (Å²) < 4.78 is 0. The standard InChI is InChI=1S/C17H22N4O3/c1-11(2)18-16(23)17(24)20-19-12(3)13-6-4-7-14(10-13)21-9-5-8-15(21)22/h4,6-7,10-11H,5,8-9H2,1-3H3,(H,18,23)(H,20,24)/b19-12-. The maximum absolute atomic E-state index is 11.8. The third kappa shape index (κ3) is 4.41. The van der Waals surface area contributed by atoms with Gasteiger partial charge in [0.1, 0.15) is 0 Å². The van der Waals surface area contributed by atoms with Crippen LogP contribution in [0.1, 0.15) is 39.2 Å². The number of carbonyl (C=O) groups excluding carboxylic acids is 3. The van der Waals surface area contributed by atoms with Crippen LogP contribution in [0.2, 0.25) is 0 Å². The smallest absolute Gasteiger partial charge is 0.329 e. The molecule has 1 aliphatic rings. The molecule has 2 rings (SSSR count). The lowest BCUT2D eigenvalue weighted by atomic mass is 10.1. The van der Waals surface area contributed by atoms with Crippen molar-refractivity contribution in [1.29, 1.82) is 0 Å². The second-order valence-corrected chi connectivity index (χ2v) is 5.97. The fourth-order valence-corrected chi connectivity index (χ4v) is 2.40. The molecule has 1 aliphatic heterocycles. The van der Waals surface area contributed by atoms with Crippen molar-refractivity contribution in [2.24, 2.45) is 5.10 Å². The molecule has 3 amide bonds. The van der Waals surface area contributed by atoms with E-state index in [1.54, 1.807) is 25.7 Å². The zero-order valence-electron chi connectivity index (χ0n) is 14.1. The molecule has 2 N–H and O–H groups in total. The van der Waals surface area contributed by atoms with Gasteiger partial charge in [0.15, 0.2) is 0 Å². The maximum atomic E-state index is 11.8. The van der Waals surface area contributed by atoms with Crippen molar-refractivity contribution in [3.05, 3.63) is 29.8 Å². The monoisotopic (exact) mass is 330 g/mol. The number of hydrogen-bond acceptors (Lipinski definition) is 4. The first-order valence-corrected chi connectivity index (χ1v) is 7.94. The third-order valence-electron chi connectivity index (χ3n) is 3.60. The summed E-state index contributed by atoms with van der Waals surface area (Å²) in [6, 6.07) is 7.27. The quantitative estimate of drug-likeness (QED) is 0.493. The summed E-state index contributed by atoms with van der Waals surface area (Å²) in [4.78, 5) is 36.8. The molecule has 0 aromatic heterocycles. The van der Waals surface area contributed by atoms with Gasteiger partial charge in [-0.25, -0.2) is 5.43 Å². The van der Waals surface area contributed by atoms with Crippen LogP contribution in [0.4, 0.5) is 5.69 Å². The largest absolute Gasteiger partial charge is 0.346 e. The molecule has 7 nitrogen and oxygen atoms in total. The van der Waals surface area contributed by atoms with Gasteiger partial charge >= 0.3 is 11.8 Å². The van der Waals surface area contributed by atoms with Crippen molar-refractivity contribution < 1.29 is 14.4 Å². The van der Waals surface area contributed by atoms with Crippen molar-refractivity contribution in [2.75, 3.05) is 11.4 Å². The highest BCUT2D eigenvalue weighted by Gasteiger charge is 2.21. The maximum Gasteiger partial charge on any atom is 0.329 e. The van der Waals surface area contributed by atoms with E-state index in [-0.39, 0.29) is 11.9 Å². The van der Waals surface area contributed by atoms with Gasteiger partial charge in [-0.3, -0.25) is 14.4 Å². The number of carbonyl (C=O) groups is 3. The number of nitrogens with one attached hydrogen (secondary N) is 2. The van der Waals surface area contributed by atoms with E-state index in [1.807, 2.05) is 24.3 Å². The summed E-state index contributed by atoms with van der Waals surface area (Å²) in [6.45, 7) is 5.98. The minimum atomic E-state index is -0.811. The van der Waals surface area contributed by atoms with E-state index in [0.717, 1.165) is 17.7 Å². The van der Waals surface area contributed by atoms with Crippen molar-refractivity contribution >= 4 is 29.1 Å². The topological polar surface area (TPSA) is 90.9 Å². The summed E-state index contributed by atoms with van der Waals surface area (Å²) in [5.74, 6) is -1.42. The summed E-state index contributed by atoms with van der Waals surface area (Å²) >= 11 is 0. The summed E-state index contributed by atoms with van der Waals surface area (Å²) in [5.41, 5.74) is 4.38. The lowest BCUT2D eigenvalue weighted by Gasteiger charge is -2.16. The van der Waals surface area contributed by atoms with Gasteiger partial charge in [0, 0.05) is 24.7 Å². The average Bonchev–Trinajstić information content (AvgIpc) is 2.97. The predicted molar refractivity (Wildman–Crippen MR) is 91.7 cm³/mol. The van der Waals surface area contributed by atoms with E-state index < -0.39 is 11.8 Å². The molecule has 0 spiro atoms. The molecular weight excluding hydrogens is 308 g/mol. The molecule has 0 radical (unpaired) electrons. The van der Waals surface area contributed by atoms with E-state index in [1.165, 1.54) is 0 Å². The first-order chi connectivity index (χ1) is 11.4. The minimum Gasteiger partial charge on any atom is -0.346 e. The number of benzene rings is 1. The molecule has 0 saturated carbocycles. The molecule has 1 aromatic rings. The van der Waals surface area contributed by atoms with Crippen LogP contribution in [0.25, 0.3) is 0 Å². The van der Waals surface area contributed by atoms with Crippen molar-refractivity contribution in [3.63, 3.8) is 0 Å². The second-order valence-electron chi connectivity index (χ2n) is 5.97. The van der Waals surface area contributed by atoms with E-state index >= 15 is 0 Å². The molecule has 0 unspecified atom stereocenters. The summed E-state index contributed by atoms with van der Waals surface area (Å²) in [5, 5.41) is 6.45. The molecule has 0 aliphatic carbocycles. The van der Waals surface area contributed by atoms with Crippen LogP contribution in [-0.4, -0.2) is 36.0 Å². The molecule has 1 heterocycles. The second kappa shape index (κ2) is 7.72.